The van der Waals surface area contributed by atoms with Crippen LogP contribution in [0.2, 0.25) is 0 Å². The molecule has 8 rings (SSSR count). The highest BCUT2D eigenvalue weighted by atomic mass is 17.2. The van der Waals surface area contributed by atoms with Crippen molar-refractivity contribution in [3.8, 4) is 23.0 Å². The quantitative estimate of drug-likeness (QED) is 0.00785. The van der Waals surface area contributed by atoms with Crippen LogP contribution in [-0.2, 0) is 52.6 Å². The fourth-order valence-corrected chi connectivity index (χ4v) is 10.00. The van der Waals surface area contributed by atoms with Crippen LogP contribution in [-0.4, -0.2) is 127 Å². The predicted molar refractivity (Wildman–Crippen MR) is 363 cm³/mol. The average molecular weight is 1290 g/mol. The Labute approximate surface area is 551 Å². The number of hydrogen-bond acceptors (Lipinski definition) is 20. The molecule has 0 saturated carbocycles. The molecule has 94 heavy (non-hydrogen) atoms. The minimum absolute atomic E-state index is 0.177. The van der Waals surface area contributed by atoms with Gasteiger partial charge in [-0.25, -0.2) is 14.5 Å². The number of benzene rings is 6. The lowest BCUT2D eigenvalue weighted by molar-refractivity contribution is -0.270. The smallest absolute Gasteiger partial charge is 0.330 e. The van der Waals surface area contributed by atoms with Crippen LogP contribution in [0.1, 0.15) is 119 Å². The van der Waals surface area contributed by atoms with Gasteiger partial charge in [-0.15, -0.1) is 0 Å². The van der Waals surface area contributed by atoms with Gasteiger partial charge in [0.05, 0.1) is 71.6 Å². The van der Waals surface area contributed by atoms with Gasteiger partial charge in [-0.1, -0.05) is 85.5 Å². The fraction of sp³-hybridized carbons (Fsp3) is 0.351. The Morgan fingerprint density at radius 3 is 1.47 bits per heavy atom. The number of methoxy groups -OCH3 is 1. The molecule has 6 aromatic carbocycles. The number of ether oxygens (including phenoxy) is 8. The van der Waals surface area contributed by atoms with Crippen LogP contribution in [0.5, 0.6) is 23.0 Å². The van der Waals surface area contributed by atoms with E-state index in [1.807, 2.05) is 138 Å². The number of carbonyl (C=O) groups is 4. The van der Waals surface area contributed by atoms with Crippen LogP contribution >= 0.6 is 0 Å². The highest BCUT2D eigenvalue weighted by Gasteiger charge is 2.51. The van der Waals surface area contributed by atoms with E-state index in [9.17, 15) is 19.6 Å². The van der Waals surface area contributed by atoms with Gasteiger partial charge in [-0.05, 0) is 202 Å². The van der Waals surface area contributed by atoms with E-state index < -0.39 is 24.0 Å². The molecule has 0 bridgehead atoms. The van der Waals surface area contributed by atoms with E-state index in [2.05, 4.69) is 40.5 Å². The van der Waals surface area contributed by atoms with Crippen molar-refractivity contribution in [2.75, 3.05) is 53.9 Å². The van der Waals surface area contributed by atoms with Gasteiger partial charge in [0.25, 0.3) is 0 Å². The average Bonchev–Trinajstić information content (AvgIpc) is 1.59. The number of para-hydroxylation sites is 1. The third-order valence-electron chi connectivity index (χ3n) is 14.7. The number of carbonyl (C=O) groups excluding carboxylic acids is 4. The van der Waals surface area contributed by atoms with Crippen molar-refractivity contribution >= 4 is 49.6 Å². The van der Waals surface area contributed by atoms with Crippen LogP contribution in [0.4, 0.5) is 0 Å². The number of aryl methyl sites for hydroxylation is 5. The van der Waals surface area contributed by atoms with Crippen molar-refractivity contribution in [2.45, 2.75) is 110 Å². The second-order valence-electron chi connectivity index (χ2n) is 21.8. The Balaban J connectivity index is 0.000000310. The summed E-state index contributed by atoms with van der Waals surface area (Å²) in [6.07, 6.45) is 15.2. The van der Waals surface area contributed by atoms with E-state index in [4.69, 9.17) is 57.4 Å². The van der Waals surface area contributed by atoms with E-state index in [0.717, 1.165) is 131 Å². The molecule has 2 aliphatic heterocycles. The third kappa shape index (κ3) is 26.0. The Morgan fingerprint density at radius 2 is 0.989 bits per heavy atom. The zero-order valence-electron chi connectivity index (χ0n) is 54.9. The standard InChI is InChI=1S/C40H46N2O10.C18H20N2O2.C15H20O3.CH2O/c1-5-35(43)48-19-9-7-6-8-18-47-31-16-12-30(13-17-31)37(52-45)36-26(2)20-29(21-27(36)3)23-42-41-22-28-10-14-32(15-11-28)51-40(44)33-24-49-39-34(46-4)25-50-38(33)39;1-13-5-7-16(8-6-13)11-19-20-12-17-9-14(2)18(22-21-4)15(3)10-17;1-2-15(16)18-13-9-4-3-8-12-17-14-10-6-5-7-11-14;1-2/h5,10-17,20-23,33-34,37-39,45H,1,6-9,18-19,24-25H2,2-4H3;5-12H,1-4H3;2,5-7,10-11H,1,3-4,8-9,12-13H2;1H2/b41-22+,42-23+;19-11+,20-12+;;. The second kappa shape index (κ2) is 42.8. The molecular weight excluding hydrogens is 1200 g/mol. The zero-order chi connectivity index (χ0) is 67.9. The summed E-state index contributed by atoms with van der Waals surface area (Å²) in [4.78, 5) is 57.4. The number of unbranched alkanes of at least 4 members (excludes halogenated alkanes) is 6. The Morgan fingerprint density at radius 1 is 0.543 bits per heavy atom. The first-order valence-electron chi connectivity index (χ1n) is 31.0. The molecule has 1 N–H and O–H groups in total. The van der Waals surface area contributed by atoms with Gasteiger partial charge >= 0.3 is 17.9 Å². The highest BCUT2D eigenvalue weighted by molar-refractivity contribution is 5.85. The maximum Gasteiger partial charge on any atom is 0.330 e. The summed E-state index contributed by atoms with van der Waals surface area (Å²) in [6, 6.07) is 40.3. The van der Waals surface area contributed by atoms with Gasteiger partial charge < -0.3 is 47.6 Å². The van der Waals surface area contributed by atoms with Gasteiger partial charge in [0, 0.05) is 19.3 Å². The summed E-state index contributed by atoms with van der Waals surface area (Å²) >= 11 is 0. The first-order chi connectivity index (χ1) is 45.7. The van der Waals surface area contributed by atoms with Crippen LogP contribution in [0.25, 0.3) is 0 Å². The lowest BCUT2D eigenvalue weighted by Gasteiger charge is -2.20. The number of fused-ring (bicyclic) bond motifs is 1. The molecule has 2 saturated heterocycles. The second-order valence-corrected chi connectivity index (χ2v) is 21.8. The van der Waals surface area contributed by atoms with Crippen molar-refractivity contribution in [3.05, 3.63) is 214 Å². The van der Waals surface area contributed by atoms with E-state index in [1.165, 1.54) is 24.8 Å². The molecule has 20 heteroatoms. The van der Waals surface area contributed by atoms with Gasteiger partial charge in [0.1, 0.15) is 54.4 Å². The van der Waals surface area contributed by atoms with E-state index in [1.54, 1.807) is 56.2 Å². The summed E-state index contributed by atoms with van der Waals surface area (Å²) in [7, 11) is 3.10. The first kappa shape index (κ1) is 75.4. The lowest BCUT2D eigenvalue weighted by atomic mass is 9.92. The summed E-state index contributed by atoms with van der Waals surface area (Å²) in [6.45, 7) is 21.4. The molecule has 0 radical (unpaired) electrons. The SMILES string of the molecule is C=CC(=O)OCCCCCCOc1ccc(C(OO)c2c(C)cc(/C=N/N=C/c3ccc(OC(=O)C4COC5C(OC)COC45)cc3)cc2C)cc1.C=CC(=O)OCCCCCCOc1ccccc1.C=O.COOc1c(C)cc(/C=N/N=C/c2ccc(C)cc2)cc1C. The minimum atomic E-state index is -0.682. The van der Waals surface area contributed by atoms with Crippen LogP contribution in [0.15, 0.2) is 173 Å². The summed E-state index contributed by atoms with van der Waals surface area (Å²) in [5.74, 6) is 1.17. The summed E-state index contributed by atoms with van der Waals surface area (Å²) in [5, 5.41) is 26.5. The zero-order valence-corrected chi connectivity index (χ0v) is 54.9. The number of esters is 3. The molecule has 2 fully saturated rings. The molecule has 500 valence electrons. The molecular formula is C74H88N4O16. The maximum atomic E-state index is 12.8. The monoisotopic (exact) mass is 1290 g/mol. The maximum absolute atomic E-state index is 12.8. The van der Waals surface area contributed by atoms with Crippen molar-refractivity contribution in [1.29, 1.82) is 0 Å². The molecule has 20 nitrogen and oxygen atoms in total. The third-order valence-corrected chi connectivity index (χ3v) is 14.7. The molecule has 5 atom stereocenters. The van der Waals surface area contributed by atoms with Gasteiger partial charge in [0.2, 0.25) is 0 Å². The Kier molecular flexibility index (Phi) is 34.3. The van der Waals surface area contributed by atoms with Crippen molar-refractivity contribution in [3.63, 3.8) is 0 Å². The number of rotatable bonds is 32. The molecule has 0 aliphatic carbocycles. The largest absolute Gasteiger partial charge is 0.494 e. The van der Waals surface area contributed by atoms with E-state index in [-0.39, 0.29) is 30.9 Å². The van der Waals surface area contributed by atoms with E-state index >= 15 is 0 Å². The Hall–Kier alpha value is -9.28. The van der Waals surface area contributed by atoms with Crippen LogP contribution in [0.3, 0.4) is 0 Å². The van der Waals surface area contributed by atoms with Crippen molar-refractivity contribution in [2.24, 2.45) is 26.3 Å². The van der Waals surface area contributed by atoms with Gasteiger partial charge in [0.15, 0.2) is 5.75 Å². The molecule has 6 aromatic rings. The molecule has 2 heterocycles. The van der Waals surface area contributed by atoms with Crippen molar-refractivity contribution < 1.29 is 77.0 Å². The summed E-state index contributed by atoms with van der Waals surface area (Å²) < 4.78 is 43.7. The highest BCUT2D eigenvalue weighted by Crippen LogP contribution is 2.35. The normalized spacial score (nSPS) is 15.8. The number of hydrogen-bond donors (Lipinski definition) is 1. The molecule has 0 spiro atoms. The van der Waals surface area contributed by atoms with Crippen molar-refractivity contribution in [1.82, 2.24) is 0 Å². The molecule has 5 unspecified atom stereocenters. The topological polar surface area (TPSA) is 239 Å². The van der Waals surface area contributed by atoms with Crippen LogP contribution < -0.4 is 19.1 Å². The van der Waals surface area contributed by atoms with Gasteiger partial charge in [-0.3, -0.25) is 10.1 Å². The Bertz CT molecular complexity index is 3350. The first-order valence-corrected chi connectivity index (χ1v) is 31.0. The molecule has 0 amide bonds. The molecule has 2 aliphatic rings. The predicted octanol–water partition coefficient (Wildman–Crippen LogP) is 13.5. The molecule has 0 aromatic heterocycles. The van der Waals surface area contributed by atoms with Gasteiger partial charge in [-0.2, -0.15) is 25.3 Å². The van der Waals surface area contributed by atoms with Crippen LogP contribution in [0, 0.1) is 40.5 Å². The summed E-state index contributed by atoms with van der Waals surface area (Å²) in [5.41, 5.74) is 10.3. The number of nitrogens with zero attached hydrogens (tertiary/aromatic N) is 4. The fourth-order valence-electron chi connectivity index (χ4n) is 10.00. The minimum Gasteiger partial charge on any atom is -0.494 e. The lowest BCUT2D eigenvalue weighted by Crippen LogP contribution is -2.34. The van der Waals surface area contributed by atoms with E-state index in [0.29, 0.717) is 32.2 Å².